The van der Waals surface area contributed by atoms with Crippen molar-refractivity contribution in [2.45, 2.75) is 43.6 Å². The van der Waals surface area contributed by atoms with Gasteiger partial charge in [-0.3, -0.25) is 4.79 Å². The number of morpholine rings is 1. The summed E-state index contributed by atoms with van der Waals surface area (Å²) < 4.78 is 5.36. The van der Waals surface area contributed by atoms with E-state index in [0.717, 1.165) is 18.6 Å². The maximum Gasteiger partial charge on any atom is 0.238 e. The zero-order valence-electron chi connectivity index (χ0n) is 10.4. The lowest BCUT2D eigenvalue weighted by molar-refractivity contribution is -0.145. The number of hydrogen-bond donors (Lipinski definition) is 0. The first-order valence-electron chi connectivity index (χ1n) is 6.19. The molecule has 0 aliphatic carbocycles. The van der Waals surface area contributed by atoms with Crippen molar-refractivity contribution in [3.63, 3.8) is 0 Å². The number of carbonyl (C=O) groups is 1. The van der Waals surface area contributed by atoms with Crippen LogP contribution in [0.4, 0.5) is 0 Å². The van der Waals surface area contributed by atoms with Gasteiger partial charge in [-0.25, -0.2) is 0 Å². The molecule has 17 heavy (non-hydrogen) atoms. The molecule has 0 saturated carbocycles. The van der Waals surface area contributed by atoms with Gasteiger partial charge in [0.05, 0.1) is 29.4 Å². The summed E-state index contributed by atoms with van der Waals surface area (Å²) in [5, 5.41) is 0. The lowest BCUT2D eigenvalue weighted by atomic mass is 10.0. The van der Waals surface area contributed by atoms with Gasteiger partial charge < -0.3 is 9.64 Å². The maximum atomic E-state index is 12.6. The van der Waals surface area contributed by atoms with E-state index in [9.17, 15) is 4.79 Å². The average molecular weight is 278 g/mol. The minimum Gasteiger partial charge on any atom is -0.373 e. The number of ether oxygens (including phenoxy) is 1. The molecule has 0 bridgehead atoms. The Balaban J connectivity index is 2.06. The Labute approximate surface area is 112 Å². The van der Waals surface area contributed by atoms with E-state index in [1.54, 1.807) is 11.8 Å². The summed E-state index contributed by atoms with van der Waals surface area (Å²) in [6, 6.07) is 0.167. The van der Waals surface area contributed by atoms with Crippen molar-refractivity contribution in [2.75, 3.05) is 24.8 Å². The minimum absolute atomic E-state index is 0.00757. The van der Waals surface area contributed by atoms with Crippen LogP contribution in [0.25, 0.3) is 0 Å². The fourth-order valence-electron chi connectivity index (χ4n) is 2.45. The molecule has 2 aliphatic heterocycles. The second-order valence-electron chi connectivity index (χ2n) is 5.10. The molecule has 3 atom stereocenters. The van der Waals surface area contributed by atoms with Gasteiger partial charge in [-0.15, -0.1) is 23.4 Å². The molecule has 2 fully saturated rings. The molecule has 5 heteroatoms. The normalized spacial score (nSPS) is 38.4. The highest BCUT2D eigenvalue weighted by molar-refractivity contribution is 8.01. The Hall–Kier alpha value is 0.0700. The smallest absolute Gasteiger partial charge is 0.238 e. The van der Waals surface area contributed by atoms with Crippen LogP contribution in [0.5, 0.6) is 0 Å². The van der Waals surface area contributed by atoms with Crippen LogP contribution in [0.3, 0.4) is 0 Å². The van der Waals surface area contributed by atoms with Gasteiger partial charge in [0.2, 0.25) is 5.91 Å². The van der Waals surface area contributed by atoms with Gasteiger partial charge in [-0.05, 0) is 32.4 Å². The van der Waals surface area contributed by atoms with E-state index in [1.807, 2.05) is 11.8 Å². The molecule has 3 unspecified atom stereocenters. The Morgan fingerprint density at radius 3 is 3.00 bits per heavy atom. The second-order valence-corrected chi connectivity index (χ2v) is 7.01. The van der Waals surface area contributed by atoms with Crippen LogP contribution in [0.15, 0.2) is 0 Å². The lowest BCUT2D eigenvalue weighted by Crippen LogP contribution is -2.56. The molecule has 0 radical (unpaired) electrons. The second kappa shape index (κ2) is 5.37. The first-order valence-corrected chi connectivity index (χ1v) is 7.71. The summed E-state index contributed by atoms with van der Waals surface area (Å²) in [6.45, 7) is 5.36. The van der Waals surface area contributed by atoms with Crippen molar-refractivity contribution in [1.82, 2.24) is 4.90 Å². The first-order chi connectivity index (χ1) is 8.07. The SMILES string of the molecule is CC1COC(CCl)CN1C(=O)C1(C)CCCS1. The Bertz CT molecular complexity index is 294. The van der Waals surface area contributed by atoms with Crippen LogP contribution in [0.1, 0.15) is 26.7 Å². The minimum atomic E-state index is -0.220. The topological polar surface area (TPSA) is 29.5 Å². The molecule has 2 saturated heterocycles. The molecular weight excluding hydrogens is 258 g/mol. The third-order valence-electron chi connectivity index (χ3n) is 3.61. The zero-order valence-corrected chi connectivity index (χ0v) is 12.0. The van der Waals surface area contributed by atoms with Crippen molar-refractivity contribution in [3.05, 3.63) is 0 Å². The number of nitrogens with zero attached hydrogens (tertiary/aromatic N) is 1. The van der Waals surface area contributed by atoms with Crippen molar-refractivity contribution in [2.24, 2.45) is 0 Å². The number of rotatable bonds is 2. The number of alkyl halides is 1. The van der Waals surface area contributed by atoms with E-state index in [2.05, 4.69) is 6.92 Å². The molecule has 0 aromatic heterocycles. The number of hydrogen-bond acceptors (Lipinski definition) is 3. The van der Waals surface area contributed by atoms with Crippen LogP contribution in [0, 0.1) is 0 Å². The number of thioether (sulfide) groups is 1. The summed E-state index contributed by atoms with van der Waals surface area (Å²) in [5.41, 5.74) is 0. The average Bonchev–Trinajstić information content (AvgIpc) is 2.77. The number of carbonyl (C=O) groups excluding carboxylic acids is 1. The first kappa shape index (κ1) is 13.5. The van der Waals surface area contributed by atoms with Gasteiger partial charge in [0.1, 0.15) is 0 Å². The standard InChI is InChI=1S/C12H20ClNO2S/c1-9-8-16-10(6-13)7-14(9)11(15)12(2)4-3-5-17-12/h9-10H,3-8H2,1-2H3. The molecule has 0 aromatic rings. The van der Waals surface area contributed by atoms with E-state index in [0.29, 0.717) is 19.0 Å². The van der Waals surface area contributed by atoms with Crippen molar-refractivity contribution in [3.8, 4) is 0 Å². The predicted molar refractivity (Wildman–Crippen MR) is 71.7 cm³/mol. The van der Waals surface area contributed by atoms with E-state index in [4.69, 9.17) is 16.3 Å². The fraction of sp³-hybridized carbons (Fsp3) is 0.917. The van der Waals surface area contributed by atoms with E-state index >= 15 is 0 Å². The van der Waals surface area contributed by atoms with Crippen molar-refractivity contribution >= 4 is 29.3 Å². The fourth-order valence-corrected chi connectivity index (χ4v) is 3.90. The third kappa shape index (κ3) is 2.74. The highest BCUT2D eigenvalue weighted by Gasteiger charge is 2.42. The molecule has 0 N–H and O–H groups in total. The van der Waals surface area contributed by atoms with Gasteiger partial charge in [0, 0.05) is 6.54 Å². The van der Waals surface area contributed by atoms with Crippen LogP contribution in [-0.4, -0.2) is 52.5 Å². The third-order valence-corrected chi connectivity index (χ3v) is 5.46. The molecule has 2 heterocycles. The Kier molecular flexibility index (Phi) is 4.26. The lowest BCUT2D eigenvalue weighted by Gasteiger charge is -2.41. The van der Waals surface area contributed by atoms with Crippen LogP contribution >= 0.6 is 23.4 Å². The highest BCUT2D eigenvalue weighted by Crippen LogP contribution is 2.39. The number of amides is 1. The molecule has 0 aromatic carbocycles. The summed E-state index contributed by atoms with van der Waals surface area (Å²) in [5.74, 6) is 1.83. The van der Waals surface area contributed by atoms with Gasteiger partial charge in [0.25, 0.3) is 0 Å². The molecule has 0 spiro atoms. The van der Waals surface area contributed by atoms with Gasteiger partial charge in [-0.1, -0.05) is 0 Å². The van der Waals surface area contributed by atoms with Gasteiger partial charge in [-0.2, -0.15) is 0 Å². The molecule has 1 amide bonds. The highest BCUT2D eigenvalue weighted by atomic mass is 35.5. The van der Waals surface area contributed by atoms with Gasteiger partial charge in [0.15, 0.2) is 0 Å². The molecule has 2 aliphatic rings. The Morgan fingerprint density at radius 2 is 2.41 bits per heavy atom. The van der Waals surface area contributed by atoms with Crippen molar-refractivity contribution in [1.29, 1.82) is 0 Å². The quantitative estimate of drug-likeness (QED) is 0.724. The van der Waals surface area contributed by atoms with Crippen LogP contribution in [-0.2, 0) is 9.53 Å². The van der Waals surface area contributed by atoms with E-state index in [-0.39, 0.29) is 22.8 Å². The summed E-state index contributed by atoms with van der Waals surface area (Å²) >= 11 is 7.62. The maximum absolute atomic E-state index is 12.6. The van der Waals surface area contributed by atoms with Crippen molar-refractivity contribution < 1.29 is 9.53 Å². The van der Waals surface area contributed by atoms with Crippen LogP contribution in [0.2, 0.25) is 0 Å². The predicted octanol–water partition coefficient (Wildman–Crippen LogP) is 2.13. The number of halogens is 1. The summed E-state index contributed by atoms with van der Waals surface area (Å²) in [4.78, 5) is 14.6. The largest absolute Gasteiger partial charge is 0.373 e. The molecule has 2 rings (SSSR count). The van der Waals surface area contributed by atoms with E-state index < -0.39 is 0 Å². The summed E-state index contributed by atoms with van der Waals surface area (Å²) in [7, 11) is 0. The summed E-state index contributed by atoms with van der Waals surface area (Å²) in [6.07, 6.45) is 2.13. The molecule has 98 valence electrons. The molecule has 3 nitrogen and oxygen atoms in total. The Morgan fingerprint density at radius 1 is 1.65 bits per heavy atom. The van der Waals surface area contributed by atoms with E-state index in [1.165, 1.54) is 0 Å². The molecular formula is C12H20ClNO2S. The monoisotopic (exact) mass is 277 g/mol. The zero-order chi connectivity index (χ0) is 12.5. The van der Waals surface area contributed by atoms with Gasteiger partial charge >= 0.3 is 0 Å². The van der Waals surface area contributed by atoms with Crippen LogP contribution < -0.4 is 0 Å².